The van der Waals surface area contributed by atoms with Crippen LogP contribution in [0.5, 0.6) is 0 Å². The zero-order valence-electron chi connectivity index (χ0n) is 8.68. The molecule has 2 heteroatoms. The average Bonchev–Trinajstić information content (AvgIpc) is 2.30. The molecule has 0 atom stereocenters. The molecular weight excluding hydrogens is 148 g/mol. The monoisotopic (exact) mass is 167 g/mol. The largest absolute Gasteiger partial charge is 0.191 e. The molecule has 0 aromatic carbocycles. The Morgan fingerprint density at radius 2 is 1.67 bits per heavy atom. The topological polar surface area (TPSA) is 29.0 Å². The predicted octanol–water partition coefficient (Wildman–Crippen LogP) is 1.51. The fourth-order valence-corrected chi connectivity index (χ4v) is 1.64. The van der Waals surface area contributed by atoms with Crippen LogP contribution in [0.3, 0.4) is 0 Å². The molecule has 0 aromatic heterocycles. The number of hydrogen-bond donors (Lipinski definition) is 1. The van der Waals surface area contributed by atoms with Crippen LogP contribution in [0.4, 0.5) is 0 Å². The highest BCUT2D eigenvalue weighted by Gasteiger charge is 2.24. The third kappa shape index (κ3) is 1.58. The van der Waals surface area contributed by atoms with Crippen molar-refractivity contribution < 1.29 is 5.43 Å². The van der Waals surface area contributed by atoms with Gasteiger partial charge in [0.25, 0.3) is 0 Å². The molecule has 1 rings (SSSR count). The van der Waals surface area contributed by atoms with Crippen LogP contribution in [0.15, 0.2) is 16.4 Å². The van der Waals surface area contributed by atoms with Crippen LogP contribution in [-0.2, 0) is 0 Å². The van der Waals surface area contributed by atoms with Crippen LogP contribution in [0.25, 0.3) is 0 Å². The molecule has 0 unspecified atom stereocenters. The minimum atomic E-state index is 0.553. The van der Waals surface area contributed by atoms with Gasteiger partial charge in [0.05, 0.1) is 0 Å². The van der Waals surface area contributed by atoms with Gasteiger partial charge in [0.2, 0.25) is 0 Å². The van der Waals surface area contributed by atoms with Crippen LogP contribution >= 0.6 is 0 Å². The third-order valence-electron chi connectivity index (χ3n) is 2.33. The molecule has 0 aliphatic carbocycles. The van der Waals surface area contributed by atoms with E-state index in [2.05, 4.69) is 39.7 Å². The second-order valence-electron chi connectivity index (χ2n) is 4.03. The molecule has 2 nitrogen and oxygen atoms in total. The van der Waals surface area contributed by atoms with Crippen molar-refractivity contribution in [1.82, 2.24) is 0 Å². The molecule has 0 radical (unpaired) electrons. The summed E-state index contributed by atoms with van der Waals surface area (Å²) in [6.07, 6.45) is 0. The van der Waals surface area contributed by atoms with Gasteiger partial charge in [0, 0.05) is 17.4 Å². The first-order valence-corrected chi connectivity index (χ1v) is 4.66. The van der Waals surface area contributed by atoms with Gasteiger partial charge in [-0.2, -0.15) is 5.43 Å². The van der Waals surface area contributed by atoms with Crippen molar-refractivity contribution in [3.05, 3.63) is 11.3 Å². The summed E-state index contributed by atoms with van der Waals surface area (Å²) in [5.41, 5.74) is 6.08. The lowest BCUT2D eigenvalue weighted by Crippen LogP contribution is -2.75. The molecule has 1 aliphatic rings. The molecule has 0 aromatic rings. The van der Waals surface area contributed by atoms with Gasteiger partial charge < -0.3 is 0 Å². The fourth-order valence-electron chi connectivity index (χ4n) is 1.64. The van der Waals surface area contributed by atoms with Gasteiger partial charge in [-0.1, -0.05) is 32.8 Å². The summed E-state index contributed by atoms with van der Waals surface area (Å²) in [7, 11) is 0. The van der Waals surface area contributed by atoms with Crippen LogP contribution < -0.4 is 5.43 Å². The zero-order chi connectivity index (χ0) is 9.30. The van der Waals surface area contributed by atoms with E-state index in [0.29, 0.717) is 11.8 Å². The van der Waals surface area contributed by atoms with Gasteiger partial charge in [0.1, 0.15) is 11.4 Å². The highest BCUT2D eigenvalue weighted by Crippen LogP contribution is 2.16. The number of quaternary nitrogens is 1. The first kappa shape index (κ1) is 9.46. The fraction of sp³-hybridized carbons (Fsp3) is 0.700. The molecule has 0 saturated heterocycles. The Morgan fingerprint density at radius 3 is 1.92 bits per heavy atom. The van der Waals surface area contributed by atoms with Crippen LogP contribution in [-0.4, -0.2) is 5.71 Å². The molecule has 12 heavy (non-hydrogen) atoms. The van der Waals surface area contributed by atoms with Gasteiger partial charge >= 0.3 is 0 Å². The normalized spacial score (nSPS) is 18.1. The van der Waals surface area contributed by atoms with Crippen molar-refractivity contribution in [1.29, 1.82) is 0 Å². The SMILES string of the molecule is CC1=C(C(C)C)[NH2+]N=C1C(C)C. The van der Waals surface area contributed by atoms with Crippen LogP contribution in [0, 0.1) is 11.8 Å². The molecule has 0 spiro atoms. The number of nitrogens with zero attached hydrogens (tertiary/aromatic N) is 1. The van der Waals surface area contributed by atoms with E-state index in [4.69, 9.17) is 0 Å². The summed E-state index contributed by atoms with van der Waals surface area (Å²) in [5.74, 6) is 1.16. The first-order chi connectivity index (χ1) is 5.54. The first-order valence-electron chi connectivity index (χ1n) is 4.66. The molecule has 0 fully saturated rings. The Labute approximate surface area is 74.7 Å². The van der Waals surface area contributed by atoms with Crippen molar-refractivity contribution >= 4 is 5.71 Å². The summed E-state index contributed by atoms with van der Waals surface area (Å²) >= 11 is 0. The molecular formula is C10H19N2+. The highest BCUT2D eigenvalue weighted by molar-refractivity contribution is 6.01. The van der Waals surface area contributed by atoms with E-state index >= 15 is 0 Å². The van der Waals surface area contributed by atoms with Gasteiger partial charge in [-0.15, -0.1) is 0 Å². The lowest BCUT2D eigenvalue weighted by Gasteiger charge is -2.04. The van der Waals surface area contributed by atoms with E-state index in [0.717, 1.165) is 0 Å². The predicted molar refractivity (Wildman–Crippen MR) is 51.7 cm³/mol. The van der Waals surface area contributed by atoms with E-state index in [1.165, 1.54) is 17.0 Å². The van der Waals surface area contributed by atoms with Crippen LogP contribution in [0.1, 0.15) is 34.6 Å². The Balaban J connectivity index is 2.86. The summed E-state index contributed by atoms with van der Waals surface area (Å²) in [6, 6.07) is 0. The van der Waals surface area contributed by atoms with E-state index in [9.17, 15) is 0 Å². The molecule has 1 heterocycles. The molecule has 0 saturated carbocycles. The van der Waals surface area contributed by atoms with Gasteiger partial charge in [0.15, 0.2) is 0 Å². The minimum absolute atomic E-state index is 0.553. The standard InChI is InChI=1S/C10H18N2/c1-6(2)9-8(5)10(7(3)4)12-11-9/h6-7H,1-5H3,(H,11,12)/p+1. The summed E-state index contributed by atoms with van der Waals surface area (Å²) in [6.45, 7) is 11.0. The van der Waals surface area contributed by atoms with Gasteiger partial charge in [-0.05, 0) is 6.92 Å². The van der Waals surface area contributed by atoms with Crippen molar-refractivity contribution in [2.45, 2.75) is 34.6 Å². The second-order valence-corrected chi connectivity index (χ2v) is 4.03. The quantitative estimate of drug-likeness (QED) is 0.604. The Kier molecular flexibility index (Phi) is 2.68. The maximum absolute atomic E-state index is 4.44. The van der Waals surface area contributed by atoms with Crippen molar-refractivity contribution in [2.75, 3.05) is 0 Å². The van der Waals surface area contributed by atoms with Crippen LogP contribution in [0.2, 0.25) is 0 Å². The second kappa shape index (κ2) is 3.40. The van der Waals surface area contributed by atoms with E-state index < -0.39 is 0 Å². The van der Waals surface area contributed by atoms with Crippen molar-refractivity contribution in [2.24, 2.45) is 16.9 Å². The number of hydrogen-bond acceptors (Lipinski definition) is 1. The molecule has 1 aliphatic heterocycles. The number of rotatable bonds is 2. The highest BCUT2D eigenvalue weighted by atomic mass is 15.3. The smallest absolute Gasteiger partial charge is 0.139 e. The third-order valence-corrected chi connectivity index (χ3v) is 2.33. The number of nitrogens with two attached hydrogens (primary N) is 1. The lowest BCUT2D eigenvalue weighted by molar-refractivity contribution is -0.614. The molecule has 0 bridgehead atoms. The molecule has 68 valence electrons. The van der Waals surface area contributed by atoms with Gasteiger partial charge in [-0.3, -0.25) is 0 Å². The molecule has 2 N–H and O–H groups in total. The van der Waals surface area contributed by atoms with E-state index in [-0.39, 0.29) is 0 Å². The summed E-state index contributed by atoms with van der Waals surface area (Å²) in [4.78, 5) is 0. The van der Waals surface area contributed by atoms with E-state index in [1.807, 2.05) is 5.43 Å². The Bertz CT molecular complexity index is 223. The summed E-state index contributed by atoms with van der Waals surface area (Å²) < 4.78 is 0. The van der Waals surface area contributed by atoms with Crippen molar-refractivity contribution in [3.63, 3.8) is 0 Å². The zero-order valence-corrected chi connectivity index (χ0v) is 8.68. The van der Waals surface area contributed by atoms with Crippen molar-refractivity contribution in [3.8, 4) is 0 Å². The molecule has 0 amide bonds. The maximum Gasteiger partial charge on any atom is 0.139 e. The number of allylic oxidation sites excluding steroid dienone is 2. The Morgan fingerprint density at radius 1 is 1.08 bits per heavy atom. The maximum atomic E-state index is 4.44. The Hall–Kier alpha value is -0.630. The average molecular weight is 167 g/mol. The lowest BCUT2D eigenvalue weighted by atomic mass is 9.97. The van der Waals surface area contributed by atoms with E-state index in [1.54, 1.807) is 0 Å². The van der Waals surface area contributed by atoms with Gasteiger partial charge in [-0.25, -0.2) is 0 Å². The summed E-state index contributed by atoms with van der Waals surface area (Å²) in [5, 5.41) is 4.44. The minimum Gasteiger partial charge on any atom is -0.191 e.